The van der Waals surface area contributed by atoms with Crippen LogP contribution in [0.15, 0.2) is 18.2 Å². The summed E-state index contributed by atoms with van der Waals surface area (Å²) in [6.07, 6.45) is 2.14. The standard InChI is InChI=1S/C14H16ClFN2O3/c15-11-5-10(16)3-4-12(11)17-13(19)7-18(8-14(20)21)6-9-1-2-9/h3-5,9H,1-2,6-8H2,(H,17,19)(H,20,21). The molecule has 5 nitrogen and oxygen atoms in total. The number of benzene rings is 1. The zero-order valence-electron chi connectivity index (χ0n) is 11.3. The van der Waals surface area contributed by atoms with Crippen LogP contribution in [0.3, 0.4) is 0 Å². The van der Waals surface area contributed by atoms with Gasteiger partial charge in [0.05, 0.1) is 23.8 Å². The van der Waals surface area contributed by atoms with E-state index in [-0.39, 0.29) is 24.0 Å². The third-order valence-electron chi connectivity index (χ3n) is 3.14. The number of hydrogen-bond acceptors (Lipinski definition) is 3. The molecular weight excluding hydrogens is 299 g/mol. The van der Waals surface area contributed by atoms with Crippen molar-refractivity contribution in [2.75, 3.05) is 25.0 Å². The third kappa shape index (κ3) is 5.32. The van der Waals surface area contributed by atoms with Gasteiger partial charge >= 0.3 is 5.97 Å². The Balaban J connectivity index is 1.92. The van der Waals surface area contributed by atoms with Crippen LogP contribution in [0.1, 0.15) is 12.8 Å². The molecule has 1 aromatic rings. The largest absolute Gasteiger partial charge is 0.480 e. The highest BCUT2D eigenvalue weighted by atomic mass is 35.5. The fraction of sp³-hybridized carbons (Fsp3) is 0.429. The van der Waals surface area contributed by atoms with Crippen LogP contribution in [0.2, 0.25) is 5.02 Å². The van der Waals surface area contributed by atoms with Gasteiger partial charge in [0.1, 0.15) is 5.82 Å². The summed E-state index contributed by atoms with van der Waals surface area (Å²) in [5.41, 5.74) is 0.310. The van der Waals surface area contributed by atoms with Gasteiger partial charge in [0.25, 0.3) is 0 Å². The van der Waals surface area contributed by atoms with Crippen molar-refractivity contribution in [2.24, 2.45) is 5.92 Å². The predicted octanol–water partition coefficient (Wildman–Crippen LogP) is 2.21. The Kier molecular flexibility index (Phi) is 5.14. The maximum Gasteiger partial charge on any atom is 0.317 e. The van der Waals surface area contributed by atoms with E-state index in [0.29, 0.717) is 18.2 Å². The second-order valence-corrected chi connectivity index (χ2v) is 5.59. The van der Waals surface area contributed by atoms with Crippen LogP contribution in [0, 0.1) is 11.7 Å². The third-order valence-corrected chi connectivity index (χ3v) is 3.46. The van der Waals surface area contributed by atoms with Crippen molar-refractivity contribution in [3.05, 3.63) is 29.0 Å². The smallest absolute Gasteiger partial charge is 0.317 e. The van der Waals surface area contributed by atoms with E-state index >= 15 is 0 Å². The SMILES string of the molecule is O=C(O)CN(CC(=O)Nc1ccc(F)cc1Cl)CC1CC1. The summed E-state index contributed by atoms with van der Waals surface area (Å²) < 4.78 is 12.9. The van der Waals surface area contributed by atoms with Gasteiger partial charge in [-0.2, -0.15) is 0 Å². The first-order valence-corrected chi connectivity index (χ1v) is 7.01. The number of carboxylic acids is 1. The van der Waals surface area contributed by atoms with Gasteiger partial charge in [-0.3, -0.25) is 14.5 Å². The Morgan fingerprint density at radius 2 is 2.10 bits per heavy atom. The highest BCUT2D eigenvalue weighted by Crippen LogP contribution is 2.29. The number of rotatable bonds is 7. The van der Waals surface area contributed by atoms with Crippen molar-refractivity contribution in [1.29, 1.82) is 0 Å². The monoisotopic (exact) mass is 314 g/mol. The molecule has 2 N–H and O–H groups in total. The molecule has 1 aliphatic rings. The highest BCUT2D eigenvalue weighted by Gasteiger charge is 2.26. The maximum atomic E-state index is 12.9. The second-order valence-electron chi connectivity index (χ2n) is 5.18. The molecule has 1 fully saturated rings. The lowest BCUT2D eigenvalue weighted by Gasteiger charge is -2.19. The van der Waals surface area contributed by atoms with Crippen LogP contribution in [-0.4, -0.2) is 41.5 Å². The van der Waals surface area contributed by atoms with Crippen molar-refractivity contribution in [1.82, 2.24) is 4.90 Å². The number of nitrogens with zero attached hydrogens (tertiary/aromatic N) is 1. The van der Waals surface area contributed by atoms with Crippen LogP contribution < -0.4 is 5.32 Å². The van der Waals surface area contributed by atoms with Crippen LogP contribution in [0.5, 0.6) is 0 Å². The summed E-state index contributed by atoms with van der Waals surface area (Å²) in [6.45, 7) is 0.383. The molecule has 7 heteroatoms. The first-order valence-electron chi connectivity index (χ1n) is 6.63. The molecular formula is C14H16ClFN2O3. The van der Waals surface area contributed by atoms with Crippen LogP contribution in [0.25, 0.3) is 0 Å². The van der Waals surface area contributed by atoms with Gasteiger partial charge in [-0.15, -0.1) is 0 Å². The van der Waals surface area contributed by atoms with Crippen LogP contribution in [-0.2, 0) is 9.59 Å². The number of carboxylic acid groups (broad SMARTS) is 1. The van der Waals surface area contributed by atoms with Gasteiger partial charge in [0.2, 0.25) is 5.91 Å². The molecule has 1 saturated carbocycles. The average molecular weight is 315 g/mol. The molecule has 0 spiro atoms. The van der Waals surface area contributed by atoms with E-state index in [1.54, 1.807) is 4.90 Å². The fourth-order valence-corrected chi connectivity index (χ4v) is 2.24. The summed E-state index contributed by atoms with van der Waals surface area (Å²) in [7, 11) is 0. The van der Waals surface area contributed by atoms with E-state index in [1.807, 2.05) is 0 Å². The zero-order chi connectivity index (χ0) is 15.4. The lowest BCUT2D eigenvalue weighted by Crippen LogP contribution is -2.38. The van der Waals surface area contributed by atoms with Gasteiger partial charge in [0.15, 0.2) is 0 Å². The Bertz CT molecular complexity index is 549. The second kappa shape index (κ2) is 6.87. The van der Waals surface area contributed by atoms with Gasteiger partial charge < -0.3 is 10.4 Å². The number of anilines is 1. The molecule has 0 bridgehead atoms. The number of aliphatic carboxylic acids is 1. The minimum Gasteiger partial charge on any atom is -0.480 e. The zero-order valence-corrected chi connectivity index (χ0v) is 12.1. The number of halogens is 2. The molecule has 21 heavy (non-hydrogen) atoms. The van der Waals surface area contributed by atoms with Gasteiger partial charge in [-0.1, -0.05) is 11.6 Å². The van der Waals surface area contributed by atoms with Crippen molar-refractivity contribution in [3.8, 4) is 0 Å². The molecule has 1 amide bonds. The highest BCUT2D eigenvalue weighted by molar-refractivity contribution is 6.33. The van der Waals surface area contributed by atoms with E-state index in [4.69, 9.17) is 16.7 Å². The number of carbonyl (C=O) groups excluding carboxylic acids is 1. The summed E-state index contributed by atoms with van der Waals surface area (Å²) in [4.78, 5) is 24.3. The summed E-state index contributed by atoms with van der Waals surface area (Å²) in [5.74, 6) is -1.35. The molecule has 0 radical (unpaired) electrons. The first kappa shape index (κ1) is 15.7. The van der Waals surface area contributed by atoms with E-state index < -0.39 is 11.8 Å². The molecule has 114 valence electrons. The summed E-state index contributed by atoms with van der Waals surface area (Å²) in [5, 5.41) is 11.5. The van der Waals surface area contributed by atoms with Crippen LogP contribution in [0.4, 0.5) is 10.1 Å². The Morgan fingerprint density at radius 3 is 2.67 bits per heavy atom. The molecule has 0 aliphatic heterocycles. The lowest BCUT2D eigenvalue weighted by molar-refractivity contribution is -0.138. The summed E-state index contributed by atoms with van der Waals surface area (Å²) in [6, 6.07) is 3.68. The van der Waals surface area contributed by atoms with E-state index in [9.17, 15) is 14.0 Å². The Hall–Kier alpha value is -1.66. The molecule has 0 aromatic heterocycles. The normalized spacial score (nSPS) is 14.2. The molecule has 0 heterocycles. The van der Waals surface area contributed by atoms with Crippen LogP contribution >= 0.6 is 11.6 Å². The van der Waals surface area contributed by atoms with Gasteiger partial charge in [0, 0.05) is 6.54 Å². The number of carbonyl (C=O) groups is 2. The first-order chi connectivity index (χ1) is 9.94. The number of nitrogens with one attached hydrogen (secondary N) is 1. The predicted molar refractivity (Wildman–Crippen MR) is 76.8 cm³/mol. The minimum atomic E-state index is -0.969. The minimum absolute atomic E-state index is 0.0312. The van der Waals surface area contributed by atoms with Crippen molar-refractivity contribution in [2.45, 2.75) is 12.8 Å². The van der Waals surface area contributed by atoms with Gasteiger partial charge in [-0.25, -0.2) is 4.39 Å². The van der Waals surface area contributed by atoms with Crippen molar-refractivity contribution in [3.63, 3.8) is 0 Å². The molecule has 0 atom stereocenters. The average Bonchev–Trinajstić information content (AvgIpc) is 3.15. The van der Waals surface area contributed by atoms with E-state index in [1.165, 1.54) is 12.1 Å². The molecule has 0 saturated heterocycles. The number of hydrogen-bond donors (Lipinski definition) is 2. The lowest BCUT2D eigenvalue weighted by atomic mass is 10.3. The fourth-order valence-electron chi connectivity index (χ4n) is 2.03. The molecule has 1 aromatic carbocycles. The van der Waals surface area contributed by atoms with Gasteiger partial charge in [-0.05, 0) is 37.0 Å². The summed E-state index contributed by atoms with van der Waals surface area (Å²) >= 11 is 5.83. The van der Waals surface area contributed by atoms with E-state index in [0.717, 1.165) is 18.9 Å². The Labute approximate surface area is 126 Å². The quantitative estimate of drug-likeness (QED) is 0.809. The molecule has 1 aliphatic carbocycles. The maximum absolute atomic E-state index is 12.9. The van der Waals surface area contributed by atoms with Crippen molar-refractivity contribution >= 4 is 29.2 Å². The van der Waals surface area contributed by atoms with E-state index in [2.05, 4.69) is 5.32 Å². The van der Waals surface area contributed by atoms with Crippen molar-refractivity contribution < 1.29 is 19.1 Å². The number of amides is 1. The molecule has 0 unspecified atom stereocenters. The Morgan fingerprint density at radius 1 is 1.38 bits per heavy atom. The molecule has 2 rings (SSSR count). The topological polar surface area (TPSA) is 69.6 Å².